The van der Waals surface area contributed by atoms with Crippen LogP contribution in [-0.4, -0.2) is 21.7 Å². The molecule has 0 aliphatic heterocycles. The summed E-state index contributed by atoms with van der Waals surface area (Å²) in [5.74, 6) is 0. The predicted molar refractivity (Wildman–Crippen MR) is 62.4 cm³/mol. The molecule has 0 amide bonds. The van der Waals surface area contributed by atoms with E-state index in [2.05, 4.69) is 10.0 Å². The monoisotopic (exact) mass is 228 g/mol. The summed E-state index contributed by atoms with van der Waals surface area (Å²) >= 11 is 0. The molecule has 0 aliphatic carbocycles. The van der Waals surface area contributed by atoms with Crippen LogP contribution in [0.4, 0.5) is 5.69 Å². The number of hydrogen-bond acceptors (Lipinski definition) is 3. The fourth-order valence-electron chi connectivity index (χ4n) is 1.25. The number of rotatable bonds is 4. The largest absolute Gasteiger partial charge is 0.313 e. The molecule has 5 heteroatoms. The third kappa shape index (κ3) is 3.89. The summed E-state index contributed by atoms with van der Waals surface area (Å²) in [6.07, 6.45) is 1.14. The van der Waals surface area contributed by atoms with Gasteiger partial charge in [-0.3, -0.25) is 4.72 Å². The summed E-state index contributed by atoms with van der Waals surface area (Å²) in [5, 5.41) is 3.09. The fraction of sp³-hybridized carbons (Fsp3) is 0.400. The van der Waals surface area contributed by atoms with Gasteiger partial charge in [0.25, 0.3) is 0 Å². The number of nitrogens with one attached hydrogen (secondary N) is 2. The molecule has 1 rings (SSSR count). The van der Waals surface area contributed by atoms with Crippen molar-refractivity contribution >= 4 is 15.7 Å². The van der Waals surface area contributed by atoms with E-state index < -0.39 is 10.0 Å². The van der Waals surface area contributed by atoms with Crippen molar-refractivity contribution in [3.05, 3.63) is 29.8 Å². The van der Waals surface area contributed by atoms with Gasteiger partial charge in [0.2, 0.25) is 10.0 Å². The molecule has 1 atom stereocenters. The molecule has 2 N–H and O–H groups in total. The highest BCUT2D eigenvalue weighted by atomic mass is 32.2. The van der Waals surface area contributed by atoms with Crippen molar-refractivity contribution in [2.75, 3.05) is 18.0 Å². The van der Waals surface area contributed by atoms with Crippen LogP contribution in [0, 0.1) is 0 Å². The molecular weight excluding hydrogens is 212 g/mol. The van der Waals surface area contributed by atoms with E-state index in [0.717, 1.165) is 11.8 Å². The topological polar surface area (TPSA) is 58.2 Å². The number of hydrogen-bond donors (Lipinski definition) is 2. The molecule has 0 aliphatic rings. The standard InChI is InChI=1S/C10H16N2O2S/c1-8(11-2)9-5-4-6-10(7-9)12-15(3,13)14/h4-8,11-12H,1-3H3. The lowest BCUT2D eigenvalue weighted by atomic mass is 10.1. The van der Waals surface area contributed by atoms with Crippen LogP contribution in [0.15, 0.2) is 24.3 Å². The maximum atomic E-state index is 11.0. The minimum Gasteiger partial charge on any atom is -0.313 e. The molecular formula is C10H16N2O2S. The zero-order valence-corrected chi connectivity index (χ0v) is 9.93. The first-order valence-electron chi connectivity index (χ1n) is 4.67. The van der Waals surface area contributed by atoms with Crippen molar-refractivity contribution in [2.45, 2.75) is 13.0 Å². The summed E-state index contributed by atoms with van der Waals surface area (Å²) < 4.78 is 24.5. The lowest BCUT2D eigenvalue weighted by Crippen LogP contribution is -2.13. The van der Waals surface area contributed by atoms with E-state index in [-0.39, 0.29) is 6.04 Å². The van der Waals surface area contributed by atoms with Crippen molar-refractivity contribution in [3.63, 3.8) is 0 Å². The minimum atomic E-state index is -3.20. The first kappa shape index (κ1) is 12.0. The molecule has 0 spiro atoms. The average molecular weight is 228 g/mol. The van der Waals surface area contributed by atoms with Gasteiger partial charge < -0.3 is 5.32 Å². The zero-order chi connectivity index (χ0) is 11.5. The van der Waals surface area contributed by atoms with Gasteiger partial charge in [0.1, 0.15) is 0 Å². The van der Waals surface area contributed by atoms with Gasteiger partial charge in [-0.15, -0.1) is 0 Å². The van der Waals surface area contributed by atoms with Crippen molar-refractivity contribution < 1.29 is 8.42 Å². The van der Waals surface area contributed by atoms with Crippen LogP contribution < -0.4 is 10.0 Å². The van der Waals surface area contributed by atoms with Gasteiger partial charge in [-0.2, -0.15) is 0 Å². The van der Waals surface area contributed by atoms with E-state index in [1.165, 1.54) is 0 Å². The van der Waals surface area contributed by atoms with Gasteiger partial charge in [0, 0.05) is 11.7 Å². The van der Waals surface area contributed by atoms with E-state index in [1.54, 1.807) is 6.07 Å². The third-order valence-corrected chi connectivity index (χ3v) is 2.73. The lowest BCUT2D eigenvalue weighted by molar-refractivity contribution is 0.606. The Morgan fingerprint density at radius 1 is 1.33 bits per heavy atom. The summed E-state index contributed by atoms with van der Waals surface area (Å²) in [6.45, 7) is 2.01. The van der Waals surface area contributed by atoms with Crippen molar-refractivity contribution in [1.29, 1.82) is 0 Å². The Bertz CT molecular complexity index is 429. The van der Waals surface area contributed by atoms with Crippen molar-refractivity contribution in [3.8, 4) is 0 Å². The van der Waals surface area contributed by atoms with Gasteiger partial charge in [0.15, 0.2) is 0 Å². The second-order valence-electron chi connectivity index (χ2n) is 3.51. The summed E-state index contributed by atoms with van der Waals surface area (Å²) in [5.41, 5.74) is 1.64. The molecule has 0 saturated heterocycles. The normalized spacial score (nSPS) is 13.5. The van der Waals surface area contributed by atoms with E-state index in [1.807, 2.05) is 32.2 Å². The molecule has 0 radical (unpaired) electrons. The van der Waals surface area contributed by atoms with Gasteiger partial charge in [-0.25, -0.2) is 8.42 Å². The Morgan fingerprint density at radius 3 is 2.53 bits per heavy atom. The number of sulfonamides is 1. The maximum absolute atomic E-state index is 11.0. The van der Waals surface area contributed by atoms with Crippen LogP contribution in [0.2, 0.25) is 0 Å². The Labute approximate surface area is 90.8 Å². The van der Waals surface area contributed by atoms with Crippen LogP contribution in [-0.2, 0) is 10.0 Å². The molecule has 1 aromatic rings. The molecule has 4 nitrogen and oxygen atoms in total. The first-order valence-corrected chi connectivity index (χ1v) is 6.56. The van der Waals surface area contributed by atoms with Crippen LogP contribution in [0.25, 0.3) is 0 Å². The van der Waals surface area contributed by atoms with Crippen molar-refractivity contribution in [1.82, 2.24) is 5.32 Å². The molecule has 15 heavy (non-hydrogen) atoms. The van der Waals surface area contributed by atoms with Crippen LogP contribution in [0.1, 0.15) is 18.5 Å². The molecule has 0 fully saturated rings. The predicted octanol–water partition coefficient (Wildman–Crippen LogP) is 1.34. The highest BCUT2D eigenvalue weighted by Crippen LogP contribution is 2.17. The van der Waals surface area contributed by atoms with E-state index in [0.29, 0.717) is 5.69 Å². The summed E-state index contributed by atoms with van der Waals surface area (Å²) in [6, 6.07) is 7.53. The van der Waals surface area contributed by atoms with E-state index in [9.17, 15) is 8.42 Å². The average Bonchev–Trinajstić information content (AvgIpc) is 2.14. The summed E-state index contributed by atoms with van der Waals surface area (Å²) in [7, 11) is -1.33. The Kier molecular flexibility index (Phi) is 3.71. The van der Waals surface area contributed by atoms with Gasteiger partial charge >= 0.3 is 0 Å². The Morgan fingerprint density at radius 2 is 2.00 bits per heavy atom. The first-order chi connectivity index (χ1) is 6.92. The third-order valence-electron chi connectivity index (χ3n) is 2.12. The molecule has 0 aromatic heterocycles. The SMILES string of the molecule is CNC(C)c1cccc(NS(C)(=O)=O)c1. The second-order valence-corrected chi connectivity index (χ2v) is 5.26. The molecule has 0 heterocycles. The van der Waals surface area contributed by atoms with E-state index >= 15 is 0 Å². The van der Waals surface area contributed by atoms with Crippen LogP contribution in [0.3, 0.4) is 0 Å². The highest BCUT2D eigenvalue weighted by molar-refractivity contribution is 7.92. The second kappa shape index (κ2) is 4.63. The minimum absolute atomic E-state index is 0.200. The molecule has 0 bridgehead atoms. The molecule has 1 unspecified atom stereocenters. The van der Waals surface area contributed by atoms with Crippen LogP contribution in [0.5, 0.6) is 0 Å². The highest BCUT2D eigenvalue weighted by Gasteiger charge is 2.05. The van der Waals surface area contributed by atoms with Gasteiger partial charge in [-0.05, 0) is 31.7 Å². The van der Waals surface area contributed by atoms with Gasteiger partial charge in [-0.1, -0.05) is 12.1 Å². The zero-order valence-electron chi connectivity index (χ0n) is 9.11. The maximum Gasteiger partial charge on any atom is 0.229 e. The molecule has 84 valence electrons. The number of anilines is 1. The molecule has 1 aromatic carbocycles. The quantitative estimate of drug-likeness (QED) is 0.817. The Hall–Kier alpha value is -1.07. The number of benzene rings is 1. The van der Waals surface area contributed by atoms with Crippen LogP contribution >= 0.6 is 0 Å². The lowest BCUT2D eigenvalue weighted by Gasteiger charge is -2.12. The summed E-state index contributed by atoms with van der Waals surface area (Å²) in [4.78, 5) is 0. The Balaban J connectivity index is 2.93. The van der Waals surface area contributed by atoms with Crippen molar-refractivity contribution in [2.24, 2.45) is 0 Å². The smallest absolute Gasteiger partial charge is 0.229 e. The molecule has 0 saturated carbocycles. The van der Waals surface area contributed by atoms with E-state index in [4.69, 9.17) is 0 Å². The fourth-order valence-corrected chi connectivity index (χ4v) is 1.81. The van der Waals surface area contributed by atoms with Gasteiger partial charge in [0.05, 0.1) is 6.26 Å².